The summed E-state index contributed by atoms with van der Waals surface area (Å²) in [4.78, 5) is 33.9. The molecule has 13 heteroatoms. The predicted molar refractivity (Wildman–Crippen MR) is 152 cm³/mol. The standard InChI is InChI=1S/C23H30N6O2S.C4H4O4/c30-18-5-3-17(4-6-18)26-20-12-15(14-25-16-7-10-31-11-8-16)13-21(28-20)29-23-27-19-2-1-9-24-22(19)32-23;5-3(6)1-2-4(7)8/h1-2,9,12-13,16-18,25,30H,3-8,10-11,14H2,(H2,26,27,28,29);1-2H,(H,5,6)(H,7,8)/b;2-1-. The van der Waals surface area contributed by atoms with Crippen LogP contribution in [0.5, 0.6) is 0 Å². The molecule has 3 aromatic heterocycles. The molecule has 1 aliphatic heterocycles. The molecular formula is C27H34N6O6S. The topological polar surface area (TPSA) is 179 Å². The van der Waals surface area contributed by atoms with Crippen LogP contribution in [0.2, 0.25) is 0 Å². The minimum atomic E-state index is -1.26. The second-order valence-electron chi connectivity index (χ2n) is 9.64. The lowest BCUT2D eigenvalue weighted by Crippen LogP contribution is -2.34. The van der Waals surface area contributed by atoms with E-state index in [4.69, 9.17) is 19.9 Å². The Hall–Kier alpha value is -3.65. The summed E-state index contributed by atoms with van der Waals surface area (Å²) in [5, 5.41) is 36.9. The lowest BCUT2D eigenvalue weighted by atomic mass is 9.93. The van der Waals surface area contributed by atoms with Gasteiger partial charge in [0.05, 0.1) is 6.10 Å². The molecule has 2 fully saturated rings. The van der Waals surface area contributed by atoms with Gasteiger partial charge in [-0.1, -0.05) is 11.3 Å². The van der Waals surface area contributed by atoms with Crippen molar-refractivity contribution in [1.82, 2.24) is 20.3 Å². The van der Waals surface area contributed by atoms with Crippen LogP contribution in [-0.2, 0) is 20.9 Å². The molecule has 2 aliphatic rings. The van der Waals surface area contributed by atoms with E-state index in [9.17, 15) is 14.7 Å². The fraction of sp³-hybridized carbons (Fsp3) is 0.444. The highest BCUT2D eigenvalue weighted by Gasteiger charge is 2.20. The van der Waals surface area contributed by atoms with Gasteiger partial charge in [0.1, 0.15) is 22.0 Å². The Balaban J connectivity index is 0.000000406. The van der Waals surface area contributed by atoms with E-state index in [0.717, 1.165) is 85.4 Å². The van der Waals surface area contributed by atoms with Crippen LogP contribution in [0.3, 0.4) is 0 Å². The Labute approximate surface area is 235 Å². The SMILES string of the molecule is O=C(O)/C=C\C(=O)O.OC1CCC(Nc2cc(CNC3CCOCC3)cc(Nc3nc4cccnc4s3)n2)CC1. The van der Waals surface area contributed by atoms with E-state index in [1.165, 1.54) is 16.9 Å². The first-order valence-corrected chi connectivity index (χ1v) is 14.0. The number of fused-ring (bicyclic) bond motifs is 1. The number of carboxylic acid groups (broad SMARTS) is 2. The number of hydrogen-bond donors (Lipinski definition) is 6. The molecule has 0 aromatic carbocycles. The highest BCUT2D eigenvalue weighted by atomic mass is 32.1. The Morgan fingerprint density at radius 3 is 2.35 bits per heavy atom. The third kappa shape index (κ3) is 9.52. The number of ether oxygens (including phenoxy) is 1. The van der Waals surface area contributed by atoms with E-state index < -0.39 is 11.9 Å². The zero-order valence-corrected chi connectivity index (χ0v) is 22.8. The molecule has 5 rings (SSSR count). The van der Waals surface area contributed by atoms with Gasteiger partial charge in [-0.2, -0.15) is 0 Å². The lowest BCUT2D eigenvalue weighted by Gasteiger charge is -2.27. The lowest BCUT2D eigenvalue weighted by molar-refractivity contribution is -0.134. The number of anilines is 3. The van der Waals surface area contributed by atoms with Crippen LogP contribution in [0.25, 0.3) is 10.3 Å². The van der Waals surface area contributed by atoms with Crippen LogP contribution in [0, 0.1) is 0 Å². The van der Waals surface area contributed by atoms with Gasteiger partial charge >= 0.3 is 11.9 Å². The molecule has 1 aliphatic carbocycles. The quantitative estimate of drug-likeness (QED) is 0.206. The number of carboxylic acids is 2. The molecule has 0 atom stereocenters. The maximum Gasteiger partial charge on any atom is 0.328 e. The van der Waals surface area contributed by atoms with Crippen LogP contribution < -0.4 is 16.0 Å². The van der Waals surface area contributed by atoms with E-state index in [0.29, 0.717) is 24.2 Å². The van der Waals surface area contributed by atoms with Crippen molar-refractivity contribution in [3.05, 3.63) is 48.2 Å². The summed E-state index contributed by atoms with van der Waals surface area (Å²) in [6, 6.07) is 8.90. The zero-order chi connectivity index (χ0) is 28.3. The molecule has 40 heavy (non-hydrogen) atoms. The van der Waals surface area contributed by atoms with Crippen molar-refractivity contribution < 1.29 is 29.6 Å². The van der Waals surface area contributed by atoms with Crippen LogP contribution in [-0.4, -0.2) is 73.6 Å². The molecule has 0 unspecified atom stereocenters. The zero-order valence-electron chi connectivity index (χ0n) is 22.0. The summed E-state index contributed by atoms with van der Waals surface area (Å²) in [5.74, 6) is -0.882. The van der Waals surface area contributed by atoms with Crippen molar-refractivity contribution in [3.63, 3.8) is 0 Å². The van der Waals surface area contributed by atoms with Crippen molar-refractivity contribution in [3.8, 4) is 0 Å². The second-order valence-corrected chi connectivity index (χ2v) is 10.6. The Morgan fingerprint density at radius 2 is 1.68 bits per heavy atom. The number of nitrogens with one attached hydrogen (secondary N) is 3. The number of aliphatic hydroxyl groups is 1. The van der Waals surface area contributed by atoms with Gasteiger partial charge < -0.3 is 36.0 Å². The molecule has 0 spiro atoms. The maximum atomic E-state index is 9.82. The number of thiazole rings is 1. The molecule has 0 radical (unpaired) electrons. The number of hydrogen-bond acceptors (Lipinski definition) is 11. The fourth-order valence-electron chi connectivity index (χ4n) is 4.50. The van der Waals surface area contributed by atoms with Crippen molar-refractivity contribution in [2.75, 3.05) is 23.8 Å². The van der Waals surface area contributed by atoms with Gasteiger partial charge in [0.25, 0.3) is 0 Å². The smallest absolute Gasteiger partial charge is 0.328 e. The molecule has 1 saturated heterocycles. The average molecular weight is 571 g/mol. The molecule has 0 bridgehead atoms. The largest absolute Gasteiger partial charge is 0.478 e. The monoisotopic (exact) mass is 570 g/mol. The van der Waals surface area contributed by atoms with E-state index >= 15 is 0 Å². The summed E-state index contributed by atoms with van der Waals surface area (Å²) in [5.41, 5.74) is 2.06. The Kier molecular flexibility index (Phi) is 10.7. The van der Waals surface area contributed by atoms with Crippen molar-refractivity contribution in [2.24, 2.45) is 0 Å². The minimum Gasteiger partial charge on any atom is -0.478 e. The minimum absolute atomic E-state index is 0.166. The van der Waals surface area contributed by atoms with E-state index in [1.807, 2.05) is 12.1 Å². The average Bonchev–Trinajstić information content (AvgIpc) is 3.35. The van der Waals surface area contributed by atoms with Crippen LogP contribution in [0.1, 0.15) is 44.1 Å². The summed E-state index contributed by atoms with van der Waals surface area (Å²) in [7, 11) is 0. The van der Waals surface area contributed by atoms with Gasteiger partial charge in [0.15, 0.2) is 5.13 Å². The van der Waals surface area contributed by atoms with Gasteiger partial charge in [0.2, 0.25) is 0 Å². The van der Waals surface area contributed by atoms with E-state index in [-0.39, 0.29) is 6.10 Å². The number of rotatable bonds is 9. The predicted octanol–water partition coefficient (Wildman–Crippen LogP) is 3.53. The molecule has 0 amide bonds. The number of aliphatic hydroxyl groups excluding tert-OH is 1. The fourth-order valence-corrected chi connectivity index (χ4v) is 5.31. The first-order chi connectivity index (χ1) is 19.3. The molecule has 1 saturated carbocycles. The molecule has 214 valence electrons. The third-order valence-corrected chi connectivity index (χ3v) is 7.41. The normalized spacial score (nSPS) is 19.6. The van der Waals surface area contributed by atoms with Gasteiger partial charge in [-0.15, -0.1) is 0 Å². The van der Waals surface area contributed by atoms with Gasteiger partial charge in [0, 0.05) is 50.2 Å². The molecule has 12 nitrogen and oxygen atoms in total. The molecule has 6 N–H and O–H groups in total. The van der Waals surface area contributed by atoms with E-state index in [2.05, 4.69) is 38.1 Å². The van der Waals surface area contributed by atoms with Gasteiger partial charge in [-0.05, 0) is 68.4 Å². The Morgan fingerprint density at radius 1 is 0.975 bits per heavy atom. The van der Waals surface area contributed by atoms with E-state index in [1.54, 1.807) is 6.20 Å². The summed E-state index contributed by atoms with van der Waals surface area (Å²) in [6.45, 7) is 2.43. The summed E-state index contributed by atoms with van der Waals surface area (Å²) >= 11 is 1.52. The molecule has 4 heterocycles. The summed E-state index contributed by atoms with van der Waals surface area (Å²) in [6.07, 6.45) is 8.42. The molecular weight excluding hydrogens is 536 g/mol. The van der Waals surface area contributed by atoms with Crippen LogP contribution in [0.4, 0.5) is 16.8 Å². The maximum absolute atomic E-state index is 9.82. The number of pyridine rings is 2. The van der Waals surface area contributed by atoms with Crippen molar-refractivity contribution in [2.45, 2.75) is 63.3 Å². The number of aromatic nitrogens is 3. The highest BCUT2D eigenvalue weighted by Crippen LogP contribution is 2.28. The first kappa shape index (κ1) is 29.3. The van der Waals surface area contributed by atoms with Crippen LogP contribution >= 0.6 is 11.3 Å². The highest BCUT2D eigenvalue weighted by molar-refractivity contribution is 7.21. The number of aliphatic carboxylic acids is 2. The van der Waals surface area contributed by atoms with Gasteiger partial charge in [-0.25, -0.2) is 24.5 Å². The Bertz CT molecular complexity index is 1250. The number of nitrogens with zero attached hydrogens (tertiary/aromatic N) is 3. The van der Waals surface area contributed by atoms with Crippen molar-refractivity contribution in [1.29, 1.82) is 0 Å². The summed E-state index contributed by atoms with van der Waals surface area (Å²) < 4.78 is 5.47. The number of carbonyl (C=O) groups is 2. The second kappa shape index (κ2) is 14.7. The molecule has 3 aromatic rings. The third-order valence-electron chi connectivity index (χ3n) is 6.52. The van der Waals surface area contributed by atoms with Gasteiger partial charge in [-0.3, -0.25) is 0 Å². The first-order valence-electron chi connectivity index (χ1n) is 13.2. The van der Waals surface area contributed by atoms with Crippen LogP contribution in [0.15, 0.2) is 42.6 Å². The van der Waals surface area contributed by atoms with Crippen molar-refractivity contribution >= 4 is 50.4 Å².